The fraction of sp³-hybridized carbons (Fsp3) is 0.350. The number of anilines is 2. The number of aromatic nitrogens is 4. The molecule has 7 heteroatoms. The van der Waals surface area contributed by atoms with Crippen LogP contribution in [-0.2, 0) is 13.6 Å². The van der Waals surface area contributed by atoms with E-state index < -0.39 is 0 Å². The second-order valence-electron chi connectivity index (χ2n) is 6.83. The minimum absolute atomic E-state index is 0.149. The Morgan fingerprint density at radius 1 is 1.22 bits per heavy atom. The van der Waals surface area contributed by atoms with Crippen molar-refractivity contribution in [3.63, 3.8) is 0 Å². The topological polar surface area (TPSA) is 79.1 Å². The largest absolute Gasteiger partial charge is 0.394 e. The molecule has 140 valence electrons. The molecule has 1 fully saturated rings. The summed E-state index contributed by atoms with van der Waals surface area (Å²) in [6, 6.07) is 12.3. The molecule has 1 aliphatic rings. The van der Waals surface area contributed by atoms with Crippen molar-refractivity contribution in [2.75, 3.05) is 23.4 Å². The molecule has 1 unspecified atom stereocenters. The van der Waals surface area contributed by atoms with Gasteiger partial charge < -0.3 is 15.3 Å². The normalized spacial score (nSPS) is 16.7. The third kappa shape index (κ3) is 3.78. The van der Waals surface area contributed by atoms with Crippen LogP contribution in [0.25, 0.3) is 11.3 Å². The molecule has 0 amide bonds. The Bertz CT molecular complexity index is 894. The van der Waals surface area contributed by atoms with Crippen LogP contribution >= 0.6 is 0 Å². The van der Waals surface area contributed by atoms with Crippen LogP contribution in [0.15, 0.2) is 48.9 Å². The van der Waals surface area contributed by atoms with Crippen LogP contribution in [0.1, 0.15) is 18.4 Å². The Hall–Kier alpha value is -2.93. The lowest BCUT2D eigenvalue weighted by Crippen LogP contribution is -2.32. The number of nitrogens with zero attached hydrogens (tertiary/aromatic N) is 5. The van der Waals surface area contributed by atoms with Crippen molar-refractivity contribution in [1.82, 2.24) is 19.7 Å². The summed E-state index contributed by atoms with van der Waals surface area (Å²) in [5, 5.41) is 17.5. The van der Waals surface area contributed by atoms with Gasteiger partial charge in [-0.2, -0.15) is 5.10 Å². The van der Waals surface area contributed by atoms with Gasteiger partial charge in [-0.3, -0.25) is 4.68 Å². The number of hydrogen-bond acceptors (Lipinski definition) is 6. The van der Waals surface area contributed by atoms with E-state index in [9.17, 15) is 5.11 Å². The fourth-order valence-corrected chi connectivity index (χ4v) is 3.62. The third-order valence-electron chi connectivity index (χ3n) is 4.95. The number of aliphatic hydroxyl groups excluding tert-OH is 1. The minimum atomic E-state index is 0.149. The highest BCUT2D eigenvalue weighted by atomic mass is 16.3. The van der Waals surface area contributed by atoms with Crippen molar-refractivity contribution in [2.45, 2.75) is 25.4 Å². The summed E-state index contributed by atoms with van der Waals surface area (Å²) in [6.45, 7) is 1.70. The van der Waals surface area contributed by atoms with Crippen LogP contribution in [-0.4, -0.2) is 44.0 Å². The van der Waals surface area contributed by atoms with Gasteiger partial charge in [0.25, 0.3) is 0 Å². The zero-order valence-corrected chi connectivity index (χ0v) is 15.4. The first kappa shape index (κ1) is 17.5. The van der Waals surface area contributed by atoms with Crippen LogP contribution < -0.4 is 10.2 Å². The Morgan fingerprint density at radius 2 is 2.07 bits per heavy atom. The van der Waals surface area contributed by atoms with Gasteiger partial charge in [0.2, 0.25) is 0 Å². The molecular formula is C20H24N6O. The minimum Gasteiger partial charge on any atom is -0.394 e. The summed E-state index contributed by atoms with van der Waals surface area (Å²) >= 11 is 0. The zero-order chi connectivity index (χ0) is 18.6. The lowest BCUT2D eigenvalue weighted by molar-refractivity contribution is 0.266. The van der Waals surface area contributed by atoms with Crippen molar-refractivity contribution in [3.8, 4) is 11.3 Å². The predicted molar refractivity (Wildman–Crippen MR) is 105 cm³/mol. The zero-order valence-electron chi connectivity index (χ0n) is 15.4. The molecule has 3 heterocycles. The summed E-state index contributed by atoms with van der Waals surface area (Å²) in [6.07, 6.45) is 5.68. The van der Waals surface area contributed by atoms with E-state index in [2.05, 4.69) is 37.4 Å². The molecule has 0 bridgehead atoms. The lowest BCUT2D eigenvalue weighted by atomic mass is 10.1. The first-order chi connectivity index (χ1) is 13.2. The Labute approximate surface area is 158 Å². The highest BCUT2D eigenvalue weighted by Crippen LogP contribution is 2.26. The van der Waals surface area contributed by atoms with E-state index in [1.165, 1.54) is 0 Å². The SMILES string of the molecule is Cn1cc(CNc2cc(N3CCCC3CO)ncn2)c(-c2ccccc2)n1. The van der Waals surface area contributed by atoms with Crippen molar-refractivity contribution in [2.24, 2.45) is 7.05 Å². The molecule has 1 saturated heterocycles. The van der Waals surface area contributed by atoms with E-state index in [0.717, 1.165) is 47.8 Å². The monoisotopic (exact) mass is 364 g/mol. The summed E-state index contributed by atoms with van der Waals surface area (Å²) < 4.78 is 1.83. The van der Waals surface area contributed by atoms with Gasteiger partial charge in [0.15, 0.2) is 0 Å². The van der Waals surface area contributed by atoms with E-state index in [-0.39, 0.29) is 12.6 Å². The van der Waals surface area contributed by atoms with Gasteiger partial charge in [0, 0.05) is 43.5 Å². The molecule has 0 saturated carbocycles. The third-order valence-corrected chi connectivity index (χ3v) is 4.95. The molecule has 1 aromatic carbocycles. The van der Waals surface area contributed by atoms with E-state index in [0.29, 0.717) is 6.54 Å². The standard InChI is InChI=1S/C20H24N6O/c1-25-12-16(20(24-25)15-6-3-2-4-7-15)11-21-18-10-19(23-14-22-18)26-9-5-8-17(26)13-27/h2-4,6-7,10,12,14,17,27H,5,8-9,11,13H2,1H3,(H,21,22,23). The van der Waals surface area contributed by atoms with E-state index in [1.807, 2.05) is 42.2 Å². The number of benzene rings is 1. The molecule has 3 aromatic rings. The molecule has 4 rings (SSSR count). The number of hydrogen-bond donors (Lipinski definition) is 2. The predicted octanol–water partition coefficient (Wildman–Crippen LogP) is 2.45. The summed E-state index contributed by atoms with van der Waals surface area (Å²) in [4.78, 5) is 10.9. The summed E-state index contributed by atoms with van der Waals surface area (Å²) in [7, 11) is 1.93. The maximum absolute atomic E-state index is 9.55. The first-order valence-electron chi connectivity index (χ1n) is 9.26. The number of aryl methyl sites for hydroxylation is 1. The van der Waals surface area contributed by atoms with Crippen molar-refractivity contribution in [3.05, 3.63) is 54.5 Å². The average molecular weight is 364 g/mol. The van der Waals surface area contributed by atoms with Crippen molar-refractivity contribution < 1.29 is 5.11 Å². The number of nitrogens with one attached hydrogen (secondary N) is 1. The van der Waals surface area contributed by atoms with E-state index in [4.69, 9.17) is 0 Å². The van der Waals surface area contributed by atoms with Gasteiger partial charge in [-0.25, -0.2) is 9.97 Å². The Balaban J connectivity index is 1.51. The van der Waals surface area contributed by atoms with Crippen molar-refractivity contribution in [1.29, 1.82) is 0 Å². The maximum Gasteiger partial charge on any atom is 0.134 e. The molecule has 0 aliphatic carbocycles. The van der Waals surface area contributed by atoms with Gasteiger partial charge in [-0.05, 0) is 12.8 Å². The average Bonchev–Trinajstić information content (AvgIpc) is 3.33. The highest BCUT2D eigenvalue weighted by molar-refractivity contribution is 5.63. The van der Waals surface area contributed by atoms with Crippen LogP contribution in [0, 0.1) is 0 Å². The number of rotatable bonds is 6. The van der Waals surface area contributed by atoms with E-state index in [1.54, 1.807) is 6.33 Å². The van der Waals surface area contributed by atoms with Gasteiger partial charge in [0.05, 0.1) is 18.3 Å². The lowest BCUT2D eigenvalue weighted by Gasteiger charge is -2.24. The molecule has 2 aromatic heterocycles. The maximum atomic E-state index is 9.55. The molecule has 1 aliphatic heterocycles. The molecular weight excluding hydrogens is 340 g/mol. The quantitative estimate of drug-likeness (QED) is 0.699. The molecule has 7 nitrogen and oxygen atoms in total. The molecule has 27 heavy (non-hydrogen) atoms. The fourth-order valence-electron chi connectivity index (χ4n) is 3.62. The molecule has 1 atom stereocenters. The number of aliphatic hydroxyl groups is 1. The molecule has 0 spiro atoms. The first-order valence-corrected chi connectivity index (χ1v) is 9.26. The highest BCUT2D eigenvalue weighted by Gasteiger charge is 2.25. The van der Waals surface area contributed by atoms with Crippen LogP contribution in [0.2, 0.25) is 0 Å². The van der Waals surface area contributed by atoms with Crippen LogP contribution in [0.4, 0.5) is 11.6 Å². The van der Waals surface area contributed by atoms with Gasteiger partial charge in [-0.15, -0.1) is 0 Å². The summed E-state index contributed by atoms with van der Waals surface area (Å²) in [5.74, 6) is 1.63. The molecule has 2 N–H and O–H groups in total. The van der Waals surface area contributed by atoms with E-state index >= 15 is 0 Å². The van der Waals surface area contributed by atoms with Crippen molar-refractivity contribution >= 4 is 11.6 Å². The Kier molecular flexibility index (Phi) is 5.02. The van der Waals surface area contributed by atoms with Crippen LogP contribution in [0.3, 0.4) is 0 Å². The van der Waals surface area contributed by atoms with Crippen LogP contribution in [0.5, 0.6) is 0 Å². The second kappa shape index (κ2) is 7.75. The van der Waals surface area contributed by atoms with Gasteiger partial charge in [0.1, 0.15) is 18.0 Å². The second-order valence-corrected chi connectivity index (χ2v) is 6.83. The smallest absolute Gasteiger partial charge is 0.134 e. The molecule has 0 radical (unpaired) electrons. The van der Waals surface area contributed by atoms with Gasteiger partial charge in [-0.1, -0.05) is 30.3 Å². The summed E-state index contributed by atoms with van der Waals surface area (Å²) in [5.41, 5.74) is 3.18. The Morgan fingerprint density at radius 3 is 2.89 bits per heavy atom. The van der Waals surface area contributed by atoms with Gasteiger partial charge >= 0.3 is 0 Å².